The Balaban J connectivity index is 1.53. The molecule has 0 saturated heterocycles. The summed E-state index contributed by atoms with van der Waals surface area (Å²) < 4.78 is 0. The van der Waals surface area contributed by atoms with Crippen LogP contribution in [0, 0.1) is 10.1 Å². The number of hydrogen-bond acceptors (Lipinski definition) is 8. The Morgan fingerprint density at radius 3 is 2.66 bits per heavy atom. The van der Waals surface area contributed by atoms with Gasteiger partial charge in [0, 0.05) is 29.5 Å². The number of nitrogens with one attached hydrogen (secondary N) is 2. The van der Waals surface area contributed by atoms with Crippen LogP contribution in [0.2, 0.25) is 0 Å². The van der Waals surface area contributed by atoms with E-state index in [1.807, 2.05) is 30.5 Å². The van der Waals surface area contributed by atoms with Gasteiger partial charge in [-0.05, 0) is 30.0 Å². The topological polar surface area (TPSA) is 123 Å². The molecule has 0 aliphatic rings. The fraction of sp³-hybridized carbons (Fsp3) is 0.158. The van der Waals surface area contributed by atoms with Crippen LogP contribution in [0.25, 0.3) is 22.1 Å². The van der Waals surface area contributed by atoms with Gasteiger partial charge in [-0.2, -0.15) is 5.10 Å². The van der Waals surface area contributed by atoms with Crippen molar-refractivity contribution in [2.24, 2.45) is 0 Å². The number of anilines is 1. The number of rotatable bonds is 7. The first-order valence-corrected chi connectivity index (χ1v) is 9.82. The van der Waals surface area contributed by atoms with Gasteiger partial charge in [0.25, 0.3) is 5.69 Å². The van der Waals surface area contributed by atoms with E-state index in [9.17, 15) is 10.1 Å². The molecule has 0 atom stereocenters. The minimum absolute atomic E-state index is 0.0330. The number of aromatic amines is 1. The molecule has 0 fully saturated rings. The largest absolute Gasteiger partial charge is 0.363 e. The lowest BCUT2D eigenvalue weighted by Crippen LogP contribution is -2.06. The zero-order chi connectivity index (χ0) is 20.2. The van der Waals surface area contributed by atoms with E-state index >= 15 is 0 Å². The molecule has 146 valence electrons. The summed E-state index contributed by atoms with van der Waals surface area (Å²) in [7, 11) is 0. The van der Waals surface area contributed by atoms with E-state index in [1.54, 1.807) is 23.5 Å². The summed E-state index contributed by atoms with van der Waals surface area (Å²) >= 11 is 1.58. The van der Waals surface area contributed by atoms with Crippen molar-refractivity contribution in [3.05, 3.63) is 69.5 Å². The Morgan fingerprint density at radius 2 is 1.97 bits per heavy atom. The quantitative estimate of drug-likeness (QED) is 0.350. The number of hydrogen-bond donors (Lipinski definition) is 2. The highest BCUT2D eigenvalue weighted by molar-refractivity contribution is 7.13. The second kappa shape index (κ2) is 8.15. The predicted molar refractivity (Wildman–Crippen MR) is 111 cm³/mol. The first kappa shape index (κ1) is 18.7. The lowest BCUT2D eigenvalue weighted by molar-refractivity contribution is -0.384. The van der Waals surface area contributed by atoms with E-state index in [0.717, 1.165) is 17.0 Å². The summed E-state index contributed by atoms with van der Waals surface area (Å²) in [5.74, 6) is 2.53. The fourth-order valence-corrected chi connectivity index (χ4v) is 3.35. The number of nitro benzene ring substituents is 1. The Labute approximate surface area is 170 Å². The van der Waals surface area contributed by atoms with E-state index < -0.39 is 4.92 Å². The average molecular weight is 407 g/mol. The average Bonchev–Trinajstić information content (AvgIpc) is 3.44. The third kappa shape index (κ3) is 4.27. The van der Waals surface area contributed by atoms with Crippen LogP contribution in [-0.4, -0.2) is 30.1 Å². The fourth-order valence-electron chi connectivity index (χ4n) is 2.70. The van der Waals surface area contributed by atoms with Gasteiger partial charge in [-0.1, -0.05) is 13.0 Å². The number of non-ortho nitro benzene ring substituents is 1. The molecule has 0 amide bonds. The molecule has 3 aromatic heterocycles. The van der Waals surface area contributed by atoms with Crippen LogP contribution in [0.4, 0.5) is 11.5 Å². The van der Waals surface area contributed by atoms with Gasteiger partial charge in [-0.3, -0.25) is 15.2 Å². The molecule has 3 heterocycles. The van der Waals surface area contributed by atoms with Gasteiger partial charge < -0.3 is 5.32 Å². The second-order valence-corrected chi connectivity index (χ2v) is 7.11. The molecule has 0 saturated carbocycles. The Kier molecular flexibility index (Phi) is 5.25. The van der Waals surface area contributed by atoms with Crippen molar-refractivity contribution < 1.29 is 4.92 Å². The first-order chi connectivity index (χ1) is 14.1. The minimum atomic E-state index is -0.429. The van der Waals surface area contributed by atoms with E-state index in [-0.39, 0.29) is 5.69 Å². The molecule has 0 bridgehead atoms. The van der Waals surface area contributed by atoms with Gasteiger partial charge in [0.2, 0.25) is 0 Å². The Bertz CT molecular complexity index is 1120. The molecule has 29 heavy (non-hydrogen) atoms. The zero-order valence-corrected chi connectivity index (χ0v) is 16.3. The molecular formula is C19H17N7O2S. The molecule has 0 radical (unpaired) electrons. The van der Waals surface area contributed by atoms with Crippen molar-refractivity contribution in [1.29, 1.82) is 0 Å². The van der Waals surface area contributed by atoms with Crippen LogP contribution in [0.1, 0.15) is 18.4 Å². The number of nitro groups is 1. The number of aromatic nitrogens is 5. The molecule has 0 unspecified atom stereocenters. The Hall–Kier alpha value is -3.66. The molecule has 4 rings (SSSR count). The Morgan fingerprint density at radius 1 is 1.14 bits per heavy atom. The molecule has 1 aromatic carbocycles. The van der Waals surface area contributed by atoms with Gasteiger partial charge in [0.05, 0.1) is 16.3 Å². The van der Waals surface area contributed by atoms with Crippen LogP contribution in [0.15, 0.2) is 47.8 Å². The van der Waals surface area contributed by atoms with Gasteiger partial charge >= 0.3 is 0 Å². The van der Waals surface area contributed by atoms with Crippen molar-refractivity contribution in [2.45, 2.75) is 19.9 Å². The second-order valence-electron chi connectivity index (χ2n) is 6.16. The zero-order valence-electron chi connectivity index (χ0n) is 15.5. The van der Waals surface area contributed by atoms with E-state index in [1.165, 1.54) is 12.1 Å². The summed E-state index contributed by atoms with van der Waals surface area (Å²) in [6.45, 7) is 2.44. The van der Waals surface area contributed by atoms with E-state index in [4.69, 9.17) is 0 Å². The third-order valence-electron chi connectivity index (χ3n) is 4.19. The molecule has 0 aliphatic heterocycles. The van der Waals surface area contributed by atoms with Crippen molar-refractivity contribution >= 4 is 22.8 Å². The number of thiophene rings is 1. The molecule has 0 aliphatic carbocycles. The summed E-state index contributed by atoms with van der Waals surface area (Å²) in [5, 5.41) is 23.2. The van der Waals surface area contributed by atoms with Gasteiger partial charge in [-0.25, -0.2) is 15.0 Å². The van der Waals surface area contributed by atoms with Crippen LogP contribution >= 0.6 is 11.3 Å². The maximum absolute atomic E-state index is 10.9. The van der Waals surface area contributed by atoms with E-state index in [2.05, 4.69) is 30.5 Å². The molecular weight excluding hydrogens is 390 g/mol. The summed E-state index contributed by atoms with van der Waals surface area (Å²) in [4.78, 5) is 25.0. The molecule has 4 aromatic rings. The number of H-pyrrole nitrogens is 1. The van der Waals surface area contributed by atoms with Crippen molar-refractivity contribution in [2.75, 3.05) is 5.32 Å². The SMILES string of the molecule is CCc1cc(NCc2nc(-c3cccs3)n[nH]2)nc(-c2ccc([N+](=O)[O-])cc2)n1. The van der Waals surface area contributed by atoms with E-state index in [0.29, 0.717) is 35.4 Å². The van der Waals surface area contributed by atoms with Gasteiger partial charge in [0.1, 0.15) is 11.6 Å². The van der Waals surface area contributed by atoms with Gasteiger partial charge in [-0.15, -0.1) is 11.3 Å². The number of nitrogens with zero attached hydrogens (tertiary/aromatic N) is 5. The predicted octanol–water partition coefficient (Wildman–Crippen LogP) is 4.07. The summed E-state index contributed by atoms with van der Waals surface area (Å²) in [5.41, 5.74) is 1.62. The highest BCUT2D eigenvalue weighted by Crippen LogP contribution is 2.23. The van der Waals surface area contributed by atoms with Crippen LogP contribution in [0.5, 0.6) is 0 Å². The monoisotopic (exact) mass is 407 g/mol. The highest BCUT2D eigenvalue weighted by atomic mass is 32.1. The van der Waals surface area contributed by atoms with Gasteiger partial charge in [0.15, 0.2) is 11.6 Å². The van der Waals surface area contributed by atoms with Crippen LogP contribution in [-0.2, 0) is 13.0 Å². The number of aryl methyl sites for hydroxylation is 1. The molecule has 2 N–H and O–H groups in total. The molecule has 0 spiro atoms. The lowest BCUT2D eigenvalue weighted by Gasteiger charge is -2.08. The summed E-state index contributed by atoms with van der Waals surface area (Å²) in [6, 6.07) is 12.0. The minimum Gasteiger partial charge on any atom is -0.363 e. The summed E-state index contributed by atoms with van der Waals surface area (Å²) in [6.07, 6.45) is 0.738. The van der Waals surface area contributed by atoms with Crippen molar-refractivity contribution in [1.82, 2.24) is 25.1 Å². The highest BCUT2D eigenvalue weighted by Gasteiger charge is 2.11. The standard InChI is InChI=1S/C19H17N7O2S/c1-2-13-10-16(20-11-17-23-19(25-24-17)15-4-3-9-29-15)22-18(21-13)12-5-7-14(8-6-12)26(27)28/h3-10H,2,11H2,1H3,(H,20,21,22)(H,23,24,25). The molecule has 9 nitrogen and oxygen atoms in total. The molecule has 10 heteroatoms. The first-order valence-electron chi connectivity index (χ1n) is 8.94. The van der Waals surface area contributed by atoms with Crippen molar-refractivity contribution in [3.63, 3.8) is 0 Å². The number of benzene rings is 1. The normalized spacial score (nSPS) is 10.8. The lowest BCUT2D eigenvalue weighted by atomic mass is 10.2. The smallest absolute Gasteiger partial charge is 0.269 e. The van der Waals surface area contributed by atoms with Crippen LogP contribution in [0.3, 0.4) is 0 Å². The third-order valence-corrected chi connectivity index (χ3v) is 5.05. The maximum Gasteiger partial charge on any atom is 0.269 e. The maximum atomic E-state index is 10.9. The van der Waals surface area contributed by atoms with Crippen molar-refractivity contribution in [3.8, 4) is 22.1 Å². The van der Waals surface area contributed by atoms with Crippen LogP contribution < -0.4 is 5.32 Å².